The third kappa shape index (κ3) is 3.95. The number of hydrogen-bond donors (Lipinski definition) is 3. The molecule has 0 radical (unpaired) electrons. The Balaban J connectivity index is 1.64. The van der Waals surface area contributed by atoms with Gasteiger partial charge in [-0.2, -0.15) is 4.98 Å². The van der Waals surface area contributed by atoms with E-state index in [1.807, 2.05) is 4.90 Å². The highest BCUT2D eigenvalue weighted by Crippen LogP contribution is 2.31. The lowest BCUT2D eigenvalue weighted by Crippen LogP contribution is -2.38. The van der Waals surface area contributed by atoms with Crippen LogP contribution in [0.4, 0.5) is 21.8 Å². The molecule has 29 heavy (non-hydrogen) atoms. The van der Waals surface area contributed by atoms with E-state index in [2.05, 4.69) is 20.6 Å². The first-order valence-corrected chi connectivity index (χ1v) is 9.75. The highest BCUT2D eigenvalue weighted by Gasteiger charge is 2.35. The van der Waals surface area contributed by atoms with Gasteiger partial charge in [0.2, 0.25) is 17.8 Å². The second kappa shape index (κ2) is 7.82. The van der Waals surface area contributed by atoms with Crippen LogP contribution in [-0.4, -0.2) is 34.9 Å². The minimum Gasteiger partial charge on any atom is -0.342 e. The summed E-state index contributed by atoms with van der Waals surface area (Å²) in [6.07, 6.45) is 2.93. The zero-order chi connectivity index (χ0) is 20.5. The zero-order valence-electron chi connectivity index (χ0n) is 15.4. The van der Waals surface area contributed by atoms with Crippen LogP contribution < -0.4 is 21.1 Å². The zero-order valence-corrected chi connectivity index (χ0v) is 16.2. The van der Waals surface area contributed by atoms with Crippen molar-refractivity contribution in [1.29, 1.82) is 0 Å². The molecule has 4 rings (SSSR count). The number of amides is 2. The molecule has 0 bridgehead atoms. The monoisotopic (exact) mass is 419 g/mol. The summed E-state index contributed by atoms with van der Waals surface area (Å²) >= 11 is 5.74. The van der Waals surface area contributed by atoms with E-state index >= 15 is 0 Å². The molecule has 10 heteroatoms. The number of halogens is 2. The minimum atomic E-state index is -1.02. The summed E-state index contributed by atoms with van der Waals surface area (Å²) in [5.41, 5.74) is -0.0906. The topological polar surface area (TPSA) is 107 Å². The molecule has 0 aliphatic carbocycles. The molecule has 2 aliphatic rings. The van der Waals surface area contributed by atoms with Crippen molar-refractivity contribution < 1.29 is 14.0 Å². The maximum absolute atomic E-state index is 13.3. The Kier molecular flexibility index (Phi) is 5.23. The Hall–Kier alpha value is -2.94. The standard InChI is InChI=1S/C19H19ClFN5O3/c20-12-8-10(4-5-13(12)21)22-17(28)11-9-14(27)23-16-15(11)18(29)25-19(24-16)26-6-2-1-3-7-26/h4-5,8,11H,1-3,6-7,9H2,(H,22,28)(H2,23,24,25,27,29). The minimum absolute atomic E-state index is 0.0999. The van der Waals surface area contributed by atoms with E-state index in [-0.39, 0.29) is 28.5 Å². The molecule has 1 atom stereocenters. The molecule has 1 aromatic heterocycles. The van der Waals surface area contributed by atoms with Crippen molar-refractivity contribution in [3.8, 4) is 0 Å². The van der Waals surface area contributed by atoms with Crippen LogP contribution in [0.1, 0.15) is 37.2 Å². The number of benzene rings is 1. The largest absolute Gasteiger partial charge is 0.342 e. The van der Waals surface area contributed by atoms with Gasteiger partial charge < -0.3 is 15.5 Å². The molecular formula is C19H19ClFN5O3. The molecular weight excluding hydrogens is 401 g/mol. The number of carbonyl (C=O) groups excluding carboxylic acids is 2. The fourth-order valence-electron chi connectivity index (χ4n) is 3.64. The molecule has 2 aliphatic heterocycles. The van der Waals surface area contributed by atoms with Crippen molar-refractivity contribution in [2.75, 3.05) is 28.6 Å². The molecule has 2 amide bonds. The van der Waals surface area contributed by atoms with E-state index in [1.54, 1.807) is 0 Å². The van der Waals surface area contributed by atoms with Crippen LogP contribution in [0.25, 0.3) is 0 Å². The van der Waals surface area contributed by atoms with E-state index in [9.17, 15) is 18.8 Å². The molecule has 152 valence electrons. The van der Waals surface area contributed by atoms with Crippen molar-refractivity contribution in [1.82, 2.24) is 9.97 Å². The lowest BCUT2D eigenvalue weighted by atomic mass is 9.92. The molecule has 1 aromatic carbocycles. The molecule has 1 saturated heterocycles. The Morgan fingerprint density at radius 1 is 1.24 bits per heavy atom. The number of carbonyl (C=O) groups is 2. The number of hydrogen-bond acceptors (Lipinski definition) is 5. The van der Waals surface area contributed by atoms with Crippen molar-refractivity contribution in [3.05, 3.63) is 45.0 Å². The highest BCUT2D eigenvalue weighted by molar-refractivity contribution is 6.31. The summed E-state index contributed by atoms with van der Waals surface area (Å²) in [5, 5.41) is 5.04. The van der Waals surface area contributed by atoms with Gasteiger partial charge in [0.05, 0.1) is 16.5 Å². The van der Waals surface area contributed by atoms with Gasteiger partial charge in [-0.1, -0.05) is 11.6 Å². The molecule has 0 saturated carbocycles. The van der Waals surface area contributed by atoms with Crippen LogP contribution in [0.3, 0.4) is 0 Å². The van der Waals surface area contributed by atoms with E-state index in [0.717, 1.165) is 38.4 Å². The van der Waals surface area contributed by atoms with E-state index in [4.69, 9.17) is 11.6 Å². The van der Waals surface area contributed by atoms with Gasteiger partial charge in [-0.25, -0.2) is 4.39 Å². The molecule has 1 unspecified atom stereocenters. The smallest absolute Gasteiger partial charge is 0.258 e. The predicted octanol–water partition coefficient (Wildman–Crippen LogP) is 2.62. The van der Waals surface area contributed by atoms with Crippen molar-refractivity contribution in [2.24, 2.45) is 0 Å². The molecule has 0 spiro atoms. The van der Waals surface area contributed by atoms with Crippen molar-refractivity contribution in [3.63, 3.8) is 0 Å². The van der Waals surface area contributed by atoms with Crippen LogP contribution in [0.5, 0.6) is 0 Å². The first kappa shape index (κ1) is 19.4. The Bertz CT molecular complexity index is 1030. The molecule has 2 aromatic rings. The SMILES string of the molecule is O=C1CC(C(=O)Nc2ccc(F)c(Cl)c2)c2c(nc(N3CCCCC3)[nH]c2=O)N1. The number of anilines is 3. The van der Waals surface area contributed by atoms with Crippen molar-refractivity contribution in [2.45, 2.75) is 31.6 Å². The van der Waals surface area contributed by atoms with Crippen LogP contribution in [0.2, 0.25) is 5.02 Å². The molecule has 8 nitrogen and oxygen atoms in total. The second-order valence-corrected chi connectivity index (χ2v) is 7.53. The predicted molar refractivity (Wildman–Crippen MR) is 107 cm³/mol. The second-order valence-electron chi connectivity index (χ2n) is 7.12. The molecule has 3 heterocycles. The lowest BCUT2D eigenvalue weighted by Gasteiger charge is -2.29. The van der Waals surface area contributed by atoms with Crippen LogP contribution in [-0.2, 0) is 9.59 Å². The van der Waals surface area contributed by atoms with Crippen LogP contribution in [0.15, 0.2) is 23.0 Å². The number of rotatable bonds is 3. The average molecular weight is 420 g/mol. The lowest BCUT2D eigenvalue weighted by molar-refractivity contribution is -0.123. The fraction of sp³-hybridized carbons (Fsp3) is 0.368. The van der Waals surface area contributed by atoms with Gasteiger partial charge in [0.1, 0.15) is 11.6 Å². The number of aromatic amines is 1. The maximum atomic E-state index is 13.3. The van der Waals surface area contributed by atoms with Crippen LogP contribution in [0, 0.1) is 5.82 Å². The van der Waals surface area contributed by atoms with Gasteiger partial charge in [0.25, 0.3) is 5.56 Å². The van der Waals surface area contributed by atoms with Gasteiger partial charge in [0.15, 0.2) is 0 Å². The third-order valence-electron chi connectivity index (χ3n) is 5.10. The maximum Gasteiger partial charge on any atom is 0.258 e. The van der Waals surface area contributed by atoms with Gasteiger partial charge >= 0.3 is 0 Å². The van der Waals surface area contributed by atoms with Gasteiger partial charge in [-0.05, 0) is 37.5 Å². The Morgan fingerprint density at radius 2 is 2.00 bits per heavy atom. The summed E-state index contributed by atoms with van der Waals surface area (Å²) in [4.78, 5) is 46.8. The molecule has 1 fully saturated rings. The van der Waals surface area contributed by atoms with E-state index in [1.165, 1.54) is 12.1 Å². The summed E-state index contributed by atoms with van der Waals surface area (Å²) in [7, 11) is 0. The Labute approximate surface area is 170 Å². The number of fused-ring (bicyclic) bond motifs is 1. The summed E-state index contributed by atoms with van der Waals surface area (Å²) in [6, 6.07) is 3.74. The summed E-state index contributed by atoms with van der Waals surface area (Å²) in [6.45, 7) is 1.54. The van der Waals surface area contributed by atoms with E-state index < -0.39 is 29.1 Å². The summed E-state index contributed by atoms with van der Waals surface area (Å²) < 4.78 is 13.3. The molecule has 3 N–H and O–H groups in total. The Morgan fingerprint density at radius 3 is 2.72 bits per heavy atom. The van der Waals surface area contributed by atoms with Gasteiger partial charge in [-0.3, -0.25) is 19.4 Å². The third-order valence-corrected chi connectivity index (χ3v) is 5.39. The fourth-order valence-corrected chi connectivity index (χ4v) is 3.82. The number of nitrogens with one attached hydrogen (secondary N) is 3. The highest BCUT2D eigenvalue weighted by atomic mass is 35.5. The number of aromatic nitrogens is 2. The van der Waals surface area contributed by atoms with Crippen LogP contribution >= 0.6 is 11.6 Å². The van der Waals surface area contributed by atoms with Crippen molar-refractivity contribution >= 4 is 40.9 Å². The number of nitrogens with zero attached hydrogens (tertiary/aromatic N) is 2. The summed E-state index contributed by atoms with van der Waals surface area (Å²) in [5.74, 6) is -2.12. The number of piperidine rings is 1. The average Bonchev–Trinajstić information content (AvgIpc) is 2.70. The quantitative estimate of drug-likeness (QED) is 0.708. The van der Waals surface area contributed by atoms with Gasteiger partial charge in [-0.15, -0.1) is 0 Å². The van der Waals surface area contributed by atoms with Gasteiger partial charge in [0, 0.05) is 25.2 Å². The van der Waals surface area contributed by atoms with E-state index in [0.29, 0.717) is 5.95 Å². The first-order valence-electron chi connectivity index (χ1n) is 9.37. The first-order chi connectivity index (χ1) is 13.9. The normalized spacial score (nSPS) is 18.8. The number of H-pyrrole nitrogens is 1.